The number of carbonyl (C=O) groups excluding carboxylic acids is 2. The van der Waals surface area contributed by atoms with E-state index < -0.39 is 5.97 Å². The highest BCUT2D eigenvalue weighted by molar-refractivity contribution is 5.81. The summed E-state index contributed by atoms with van der Waals surface area (Å²) in [4.78, 5) is 26.1. The Morgan fingerprint density at radius 3 is 2.39 bits per heavy atom. The van der Waals surface area contributed by atoms with Crippen molar-refractivity contribution < 1.29 is 28.5 Å². The van der Waals surface area contributed by atoms with Gasteiger partial charge in [-0.15, -0.1) is 0 Å². The van der Waals surface area contributed by atoms with E-state index in [1.54, 1.807) is 4.90 Å². The second-order valence-corrected chi connectivity index (χ2v) is 7.56. The van der Waals surface area contributed by atoms with Gasteiger partial charge >= 0.3 is 5.97 Å². The average Bonchev–Trinajstić information content (AvgIpc) is 2.79. The standard InChI is InChI=1S/C24H29NO6/c1-4-25(14-18-5-10-21-22(13-18)29-12-11-28-21)23(26)15-31-24(27)16-30-20-8-6-19(7-9-20)17(2)3/h5-10,13,17H,4,11-12,14-16H2,1-3H3. The third-order valence-electron chi connectivity index (χ3n) is 4.97. The molecule has 0 bridgehead atoms. The fourth-order valence-electron chi connectivity index (χ4n) is 3.15. The van der Waals surface area contributed by atoms with Gasteiger partial charge in [0, 0.05) is 13.1 Å². The van der Waals surface area contributed by atoms with Gasteiger partial charge in [0.1, 0.15) is 19.0 Å². The normalized spacial score (nSPS) is 12.4. The molecule has 0 unspecified atom stereocenters. The van der Waals surface area contributed by atoms with Gasteiger partial charge in [-0.05, 0) is 48.2 Å². The van der Waals surface area contributed by atoms with Crippen molar-refractivity contribution in [2.75, 3.05) is 33.0 Å². The monoisotopic (exact) mass is 427 g/mol. The molecule has 3 rings (SSSR count). The van der Waals surface area contributed by atoms with E-state index in [0.29, 0.717) is 49.5 Å². The maximum Gasteiger partial charge on any atom is 0.344 e. The molecule has 2 aromatic carbocycles. The van der Waals surface area contributed by atoms with Crippen molar-refractivity contribution in [3.63, 3.8) is 0 Å². The van der Waals surface area contributed by atoms with Crippen molar-refractivity contribution in [3.05, 3.63) is 53.6 Å². The van der Waals surface area contributed by atoms with Crippen LogP contribution in [0.1, 0.15) is 37.8 Å². The Morgan fingerprint density at radius 2 is 1.71 bits per heavy atom. The highest BCUT2D eigenvalue weighted by Crippen LogP contribution is 2.31. The van der Waals surface area contributed by atoms with Crippen LogP contribution in [0.3, 0.4) is 0 Å². The van der Waals surface area contributed by atoms with Crippen molar-refractivity contribution in [1.29, 1.82) is 0 Å². The van der Waals surface area contributed by atoms with Crippen LogP contribution in [-0.4, -0.2) is 49.7 Å². The van der Waals surface area contributed by atoms with Gasteiger partial charge in [-0.25, -0.2) is 4.79 Å². The lowest BCUT2D eigenvalue weighted by atomic mass is 10.0. The molecule has 0 aliphatic carbocycles. The summed E-state index contributed by atoms with van der Waals surface area (Å²) >= 11 is 0. The number of nitrogens with zero attached hydrogens (tertiary/aromatic N) is 1. The Balaban J connectivity index is 1.45. The molecule has 0 spiro atoms. The first kappa shape index (κ1) is 22.5. The molecular formula is C24H29NO6. The van der Waals surface area contributed by atoms with E-state index >= 15 is 0 Å². The number of ether oxygens (including phenoxy) is 4. The summed E-state index contributed by atoms with van der Waals surface area (Å²) in [6, 6.07) is 13.2. The fraction of sp³-hybridized carbons (Fsp3) is 0.417. The molecule has 0 atom stereocenters. The number of hydrogen-bond acceptors (Lipinski definition) is 6. The maximum atomic E-state index is 12.5. The molecule has 0 saturated carbocycles. The molecule has 1 aliphatic rings. The largest absolute Gasteiger partial charge is 0.486 e. The number of benzene rings is 2. The quantitative estimate of drug-likeness (QED) is 0.570. The summed E-state index contributed by atoms with van der Waals surface area (Å²) in [6.07, 6.45) is 0. The summed E-state index contributed by atoms with van der Waals surface area (Å²) < 4.78 is 21.7. The first-order valence-corrected chi connectivity index (χ1v) is 10.5. The lowest BCUT2D eigenvalue weighted by molar-refractivity contribution is -0.153. The number of carbonyl (C=O) groups is 2. The lowest BCUT2D eigenvalue weighted by Gasteiger charge is -2.23. The first-order valence-electron chi connectivity index (χ1n) is 10.5. The van der Waals surface area contributed by atoms with Gasteiger partial charge in [0.2, 0.25) is 0 Å². The topological polar surface area (TPSA) is 74.3 Å². The zero-order valence-corrected chi connectivity index (χ0v) is 18.3. The van der Waals surface area contributed by atoms with Crippen molar-refractivity contribution >= 4 is 11.9 Å². The maximum absolute atomic E-state index is 12.5. The smallest absolute Gasteiger partial charge is 0.344 e. The SMILES string of the molecule is CCN(Cc1ccc2c(c1)OCCO2)C(=O)COC(=O)COc1ccc(C(C)C)cc1. The predicted octanol–water partition coefficient (Wildman–Crippen LogP) is 3.55. The summed E-state index contributed by atoms with van der Waals surface area (Å²) in [6.45, 7) is 7.44. The van der Waals surface area contributed by atoms with Gasteiger partial charge in [0.15, 0.2) is 24.7 Å². The van der Waals surface area contributed by atoms with Gasteiger partial charge < -0.3 is 23.8 Å². The summed E-state index contributed by atoms with van der Waals surface area (Å²) in [5.41, 5.74) is 2.11. The lowest BCUT2D eigenvalue weighted by Crippen LogP contribution is -2.34. The Hall–Kier alpha value is -3.22. The zero-order chi connectivity index (χ0) is 22.2. The molecule has 1 aliphatic heterocycles. The van der Waals surface area contributed by atoms with E-state index in [4.69, 9.17) is 18.9 Å². The van der Waals surface area contributed by atoms with Crippen LogP contribution in [0, 0.1) is 0 Å². The molecule has 0 fully saturated rings. The minimum Gasteiger partial charge on any atom is -0.486 e. The fourth-order valence-corrected chi connectivity index (χ4v) is 3.15. The molecule has 166 valence electrons. The Morgan fingerprint density at radius 1 is 1.00 bits per heavy atom. The molecule has 7 heteroatoms. The Bertz CT molecular complexity index is 893. The van der Waals surface area contributed by atoms with Crippen LogP contribution in [0.25, 0.3) is 0 Å². The minimum atomic E-state index is -0.586. The molecule has 31 heavy (non-hydrogen) atoms. The van der Waals surface area contributed by atoms with Crippen LogP contribution in [0.4, 0.5) is 0 Å². The van der Waals surface area contributed by atoms with Gasteiger partial charge in [0.05, 0.1) is 0 Å². The van der Waals surface area contributed by atoms with Gasteiger partial charge in [0.25, 0.3) is 5.91 Å². The molecule has 2 aromatic rings. The first-order chi connectivity index (χ1) is 15.0. The average molecular weight is 427 g/mol. The highest BCUT2D eigenvalue weighted by Gasteiger charge is 2.17. The third kappa shape index (κ3) is 6.38. The van der Waals surface area contributed by atoms with E-state index in [0.717, 1.165) is 5.56 Å². The summed E-state index contributed by atoms with van der Waals surface area (Å²) in [5, 5.41) is 0. The number of hydrogen-bond donors (Lipinski definition) is 0. The highest BCUT2D eigenvalue weighted by atomic mass is 16.6. The number of amides is 1. The van der Waals surface area contributed by atoms with Crippen molar-refractivity contribution in [3.8, 4) is 17.2 Å². The zero-order valence-electron chi connectivity index (χ0n) is 18.3. The van der Waals surface area contributed by atoms with Crippen LogP contribution in [0.15, 0.2) is 42.5 Å². The summed E-state index contributed by atoms with van der Waals surface area (Å²) in [5.74, 6) is 1.54. The van der Waals surface area contributed by atoms with Gasteiger partial charge in [-0.2, -0.15) is 0 Å². The second kappa shape index (κ2) is 10.7. The third-order valence-corrected chi connectivity index (χ3v) is 4.97. The van der Waals surface area contributed by atoms with Crippen LogP contribution in [0.2, 0.25) is 0 Å². The van der Waals surface area contributed by atoms with Crippen LogP contribution >= 0.6 is 0 Å². The van der Waals surface area contributed by atoms with Crippen molar-refractivity contribution in [2.45, 2.75) is 33.2 Å². The van der Waals surface area contributed by atoms with E-state index in [2.05, 4.69) is 13.8 Å². The second-order valence-electron chi connectivity index (χ2n) is 7.56. The van der Waals surface area contributed by atoms with E-state index in [-0.39, 0.29) is 19.1 Å². The van der Waals surface area contributed by atoms with Crippen molar-refractivity contribution in [2.24, 2.45) is 0 Å². The molecule has 0 aromatic heterocycles. The van der Waals surface area contributed by atoms with E-state index in [9.17, 15) is 9.59 Å². The predicted molar refractivity (Wildman–Crippen MR) is 116 cm³/mol. The summed E-state index contributed by atoms with van der Waals surface area (Å²) in [7, 11) is 0. The van der Waals surface area contributed by atoms with Gasteiger partial charge in [-0.1, -0.05) is 32.0 Å². The van der Waals surface area contributed by atoms with E-state index in [1.807, 2.05) is 49.4 Å². The van der Waals surface area contributed by atoms with Crippen molar-refractivity contribution in [1.82, 2.24) is 4.90 Å². The molecule has 0 N–H and O–H groups in total. The number of esters is 1. The molecule has 0 radical (unpaired) electrons. The molecule has 1 heterocycles. The van der Waals surface area contributed by atoms with Crippen LogP contribution < -0.4 is 14.2 Å². The molecule has 7 nitrogen and oxygen atoms in total. The van der Waals surface area contributed by atoms with Gasteiger partial charge in [-0.3, -0.25) is 4.79 Å². The number of likely N-dealkylation sites (N-methyl/N-ethyl adjacent to an activating group) is 1. The van der Waals surface area contributed by atoms with Crippen LogP contribution in [0.5, 0.6) is 17.2 Å². The molecule has 0 saturated heterocycles. The van der Waals surface area contributed by atoms with E-state index in [1.165, 1.54) is 5.56 Å². The number of rotatable bonds is 9. The minimum absolute atomic E-state index is 0.247. The Labute approximate surface area is 182 Å². The van der Waals surface area contributed by atoms with Crippen LogP contribution in [-0.2, 0) is 20.9 Å². The molecular weight excluding hydrogens is 398 g/mol. The Kier molecular flexibility index (Phi) is 7.76. The number of fused-ring (bicyclic) bond motifs is 1. The molecule has 1 amide bonds.